The summed E-state index contributed by atoms with van der Waals surface area (Å²) in [6, 6.07) is 7.28. The summed E-state index contributed by atoms with van der Waals surface area (Å²) in [7, 11) is 1.68. The Morgan fingerprint density at radius 3 is 2.68 bits per heavy atom. The van der Waals surface area contributed by atoms with Crippen molar-refractivity contribution >= 4 is 17.8 Å². The average Bonchev–Trinajstić information content (AvgIpc) is 3.32. The van der Waals surface area contributed by atoms with Crippen LogP contribution in [-0.2, 0) is 9.59 Å². The number of nitrogens with one attached hydrogen (secondary N) is 1. The molecule has 0 aliphatic carbocycles. The van der Waals surface area contributed by atoms with Crippen LogP contribution in [0.25, 0.3) is 11.4 Å². The summed E-state index contributed by atoms with van der Waals surface area (Å²) >= 11 is 0. The second-order valence-corrected chi connectivity index (χ2v) is 7.46. The summed E-state index contributed by atoms with van der Waals surface area (Å²) < 4.78 is 0. The minimum atomic E-state index is -0.941. The molecule has 0 radical (unpaired) electrons. The van der Waals surface area contributed by atoms with Gasteiger partial charge in [0.1, 0.15) is 5.82 Å². The van der Waals surface area contributed by atoms with Gasteiger partial charge < -0.3 is 19.9 Å². The first-order chi connectivity index (χ1) is 13.4. The molecule has 1 unspecified atom stereocenters. The van der Waals surface area contributed by atoms with Gasteiger partial charge in [0.05, 0.1) is 11.5 Å². The molecule has 0 bridgehead atoms. The maximum absolute atomic E-state index is 13.0. The topological polar surface area (TPSA) is 107 Å². The molecule has 2 saturated heterocycles. The normalized spacial score (nSPS) is 21.3. The van der Waals surface area contributed by atoms with Crippen molar-refractivity contribution < 1.29 is 19.5 Å². The van der Waals surface area contributed by atoms with E-state index in [2.05, 4.69) is 9.97 Å². The number of hydrogen-bond donors (Lipinski definition) is 2. The number of likely N-dealkylation sites (tertiary alicyclic amines) is 2. The van der Waals surface area contributed by atoms with Gasteiger partial charge in [-0.25, -0.2) is 4.98 Å². The number of rotatable bonds is 3. The lowest BCUT2D eigenvalue weighted by molar-refractivity contribution is -0.145. The van der Waals surface area contributed by atoms with E-state index in [1.165, 1.54) is 0 Å². The maximum atomic E-state index is 13.0. The van der Waals surface area contributed by atoms with Crippen LogP contribution in [0.4, 0.5) is 0 Å². The van der Waals surface area contributed by atoms with E-state index in [1.807, 2.05) is 12.1 Å². The van der Waals surface area contributed by atoms with Crippen LogP contribution in [0.3, 0.4) is 0 Å². The zero-order valence-corrected chi connectivity index (χ0v) is 15.6. The van der Waals surface area contributed by atoms with E-state index in [4.69, 9.17) is 0 Å². The van der Waals surface area contributed by atoms with Crippen molar-refractivity contribution in [2.24, 2.45) is 5.92 Å². The number of amides is 2. The largest absolute Gasteiger partial charge is 0.481 e. The Kier molecular flexibility index (Phi) is 4.41. The summed E-state index contributed by atoms with van der Waals surface area (Å²) in [5.74, 6) is -1.20. The average molecular weight is 382 g/mol. The van der Waals surface area contributed by atoms with Crippen LogP contribution < -0.4 is 0 Å². The number of carbonyl (C=O) groups is 3. The second kappa shape index (κ2) is 6.78. The number of aromatic nitrogens is 2. The third kappa shape index (κ3) is 2.85. The summed E-state index contributed by atoms with van der Waals surface area (Å²) in [6.45, 7) is 0.844. The van der Waals surface area contributed by atoms with E-state index in [9.17, 15) is 19.5 Å². The lowest BCUT2D eigenvalue weighted by Gasteiger charge is -2.45. The molecule has 146 valence electrons. The number of imidazole rings is 1. The molecule has 1 aromatic carbocycles. The van der Waals surface area contributed by atoms with Crippen molar-refractivity contribution in [3.63, 3.8) is 0 Å². The Morgan fingerprint density at radius 2 is 2.04 bits per heavy atom. The number of nitrogens with zero attached hydrogens (tertiary/aromatic N) is 3. The van der Waals surface area contributed by atoms with Crippen LogP contribution in [-0.4, -0.2) is 68.3 Å². The molecule has 2 aliphatic heterocycles. The zero-order chi connectivity index (χ0) is 19.9. The quantitative estimate of drug-likeness (QED) is 0.839. The Labute approximate surface area is 162 Å². The van der Waals surface area contributed by atoms with Crippen molar-refractivity contribution in [2.75, 3.05) is 20.1 Å². The molecular weight excluding hydrogens is 360 g/mol. The Hall–Kier alpha value is -3.16. The molecule has 2 N–H and O–H groups in total. The third-order valence-corrected chi connectivity index (χ3v) is 6.17. The highest BCUT2D eigenvalue weighted by Crippen LogP contribution is 2.43. The van der Waals surface area contributed by atoms with Crippen LogP contribution in [0.1, 0.15) is 29.6 Å². The molecule has 3 heterocycles. The fourth-order valence-corrected chi connectivity index (χ4v) is 4.49. The number of aromatic amines is 1. The van der Waals surface area contributed by atoms with E-state index >= 15 is 0 Å². The standard InChI is InChI=1S/C20H22N4O4/c1-23-16(25)12-15(19(27)28)20(23)5-9-24(10-6-20)18(26)14-4-2-3-13(11-14)17-21-7-8-22-17/h2-4,7-8,11,15H,5-6,9-10,12H2,1H3,(H,21,22)(H,27,28). The van der Waals surface area contributed by atoms with E-state index < -0.39 is 17.4 Å². The summed E-state index contributed by atoms with van der Waals surface area (Å²) in [5, 5.41) is 9.57. The Morgan fingerprint density at radius 1 is 1.29 bits per heavy atom. The van der Waals surface area contributed by atoms with Gasteiger partial charge in [-0.15, -0.1) is 0 Å². The number of hydrogen-bond acceptors (Lipinski definition) is 4. The smallest absolute Gasteiger partial charge is 0.309 e. The number of piperidine rings is 1. The Balaban J connectivity index is 1.51. The molecule has 8 heteroatoms. The van der Waals surface area contributed by atoms with E-state index in [1.54, 1.807) is 41.4 Å². The molecule has 4 rings (SSSR count). The minimum Gasteiger partial charge on any atom is -0.481 e. The second-order valence-electron chi connectivity index (χ2n) is 7.46. The monoisotopic (exact) mass is 382 g/mol. The van der Waals surface area contributed by atoms with Crippen molar-refractivity contribution in [3.8, 4) is 11.4 Å². The molecule has 1 aromatic heterocycles. The van der Waals surface area contributed by atoms with Crippen molar-refractivity contribution in [3.05, 3.63) is 42.2 Å². The first-order valence-electron chi connectivity index (χ1n) is 9.31. The zero-order valence-electron chi connectivity index (χ0n) is 15.6. The molecule has 0 saturated carbocycles. The number of carbonyl (C=O) groups excluding carboxylic acids is 2. The first-order valence-corrected chi connectivity index (χ1v) is 9.31. The Bertz CT molecular complexity index is 916. The number of benzene rings is 1. The number of carboxylic acid groups (broad SMARTS) is 1. The molecule has 2 amide bonds. The van der Waals surface area contributed by atoms with Crippen molar-refractivity contribution in [1.29, 1.82) is 0 Å². The summed E-state index contributed by atoms with van der Waals surface area (Å²) in [4.78, 5) is 47.4. The highest BCUT2D eigenvalue weighted by molar-refractivity contribution is 5.95. The van der Waals surface area contributed by atoms with Gasteiger partial charge in [0, 0.05) is 50.1 Å². The number of aliphatic carboxylic acids is 1. The maximum Gasteiger partial charge on any atom is 0.309 e. The van der Waals surface area contributed by atoms with Gasteiger partial charge in [0.25, 0.3) is 5.91 Å². The molecular formula is C20H22N4O4. The molecule has 2 aliphatic rings. The van der Waals surface area contributed by atoms with Crippen LogP contribution in [0.5, 0.6) is 0 Å². The minimum absolute atomic E-state index is 0.0327. The molecule has 8 nitrogen and oxygen atoms in total. The van der Waals surface area contributed by atoms with Gasteiger partial charge in [0.15, 0.2) is 0 Å². The van der Waals surface area contributed by atoms with E-state index in [-0.39, 0.29) is 18.2 Å². The number of H-pyrrole nitrogens is 1. The van der Waals surface area contributed by atoms with Gasteiger partial charge in [0.2, 0.25) is 5.91 Å². The fourth-order valence-electron chi connectivity index (χ4n) is 4.49. The molecule has 28 heavy (non-hydrogen) atoms. The molecule has 2 fully saturated rings. The van der Waals surface area contributed by atoms with Gasteiger partial charge in [-0.3, -0.25) is 14.4 Å². The van der Waals surface area contributed by atoms with Gasteiger partial charge in [-0.05, 0) is 25.0 Å². The van der Waals surface area contributed by atoms with Gasteiger partial charge in [-0.1, -0.05) is 12.1 Å². The van der Waals surface area contributed by atoms with Crippen LogP contribution in [0, 0.1) is 5.92 Å². The van der Waals surface area contributed by atoms with Crippen LogP contribution in [0.2, 0.25) is 0 Å². The van der Waals surface area contributed by atoms with Crippen molar-refractivity contribution in [2.45, 2.75) is 24.8 Å². The SMILES string of the molecule is CN1C(=O)CC(C(=O)O)C12CCN(C(=O)c1cccc(-c3ncc[nH]3)c1)CC2. The highest BCUT2D eigenvalue weighted by atomic mass is 16.4. The van der Waals surface area contributed by atoms with E-state index in [0.717, 1.165) is 5.56 Å². The summed E-state index contributed by atoms with van der Waals surface area (Å²) in [5.41, 5.74) is 0.697. The predicted molar refractivity (Wildman–Crippen MR) is 100 cm³/mol. The predicted octanol–water partition coefficient (Wildman–Crippen LogP) is 1.61. The third-order valence-electron chi connectivity index (χ3n) is 6.17. The molecule has 2 aromatic rings. The van der Waals surface area contributed by atoms with Gasteiger partial charge >= 0.3 is 5.97 Å². The lowest BCUT2D eigenvalue weighted by atomic mass is 9.77. The highest BCUT2D eigenvalue weighted by Gasteiger charge is 2.55. The first kappa shape index (κ1) is 18.2. The summed E-state index contributed by atoms with van der Waals surface area (Å²) in [6.07, 6.45) is 4.36. The van der Waals surface area contributed by atoms with Crippen LogP contribution in [0.15, 0.2) is 36.7 Å². The van der Waals surface area contributed by atoms with Crippen molar-refractivity contribution in [1.82, 2.24) is 19.8 Å². The lowest BCUT2D eigenvalue weighted by Crippen LogP contribution is -2.56. The van der Waals surface area contributed by atoms with Gasteiger partial charge in [-0.2, -0.15) is 0 Å². The molecule has 1 atom stereocenters. The number of carboxylic acids is 1. The van der Waals surface area contributed by atoms with E-state index in [0.29, 0.717) is 37.3 Å². The fraction of sp³-hybridized carbons (Fsp3) is 0.400. The molecule has 1 spiro atoms. The van der Waals surface area contributed by atoms with Crippen LogP contribution >= 0.6 is 0 Å².